The molecule has 1 rings (SSSR count). The van der Waals surface area contributed by atoms with Crippen molar-refractivity contribution in [3.63, 3.8) is 0 Å². The fourth-order valence-electron chi connectivity index (χ4n) is 0.766. The first-order valence-electron chi connectivity index (χ1n) is 4.78. The molecule has 0 bridgehead atoms. The zero-order valence-electron chi connectivity index (χ0n) is 8.93. The minimum absolute atomic E-state index is 0.182. The van der Waals surface area contributed by atoms with E-state index in [-0.39, 0.29) is 5.41 Å². The van der Waals surface area contributed by atoms with Gasteiger partial charge in [-0.15, -0.1) is 0 Å². The monoisotopic (exact) mass is 187 g/mol. The van der Waals surface area contributed by atoms with E-state index in [4.69, 9.17) is 4.74 Å². The Balaban J connectivity index is 0.000000223. The number of aldehydes is 1. The smallest absolute Gasteiger partial charge is 0.120 e. The van der Waals surface area contributed by atoms with Gasteiger partial charge >= 0.3 is 0 Å². The van der Waals surface area contributed by atoms with Crippen LogP contribution in [0.3, 0.4) is 0 Å². The average molecular weight is 187 g/mol. The summed E-state index contributed by atoms with van der Waals surface area (Å²) in [7, 11) is 0. The van der Waals surface area contributed by atoms with Crippen LogP contribution in [0, 0.1) is 5.41 Å². The fourth-order valence-corrected chi connectivity index (χ4v) is 0.766. The van der Waals surface area contributed by atoms with Crippen LogP contribution in [0.4, 0.5) is 0 Å². The number of carbonyl (C=O) groups is 1. The van der Waals surface area contributed by atoms with Crippen LogP contribution in [-0.4, -0.2) is 32.6 Å². The lowest BCUT2D eigenvalue weighted by Gasteiger charge is -2.11. The molecule has 0 aliphatic carbocycles. The summed E-state index contributed by atoms with van der Waals surface area (Å²) in [6, 6.07) is 0. The Bertz CT molecular complexity index is 114. The lowest BCUT2D eigenvalue weighted by molar-refractivity contribution is -0.109. The Kier molecular flexibility index (Phi) is 6.82. The van der Waals surface area contributed by atoms with Crippen molar-refractivity contribution in [3.8, 4) is 0 Å². The maximum absolute atomic E-state index is 9.82. The van der Waals surface area contributed by atoms with Gasteiger partial charge in [-0.25, -0.2) is 0 Å². The molecule has 1 N–H and O–H groups in total. The molecule has 1 fully saturated rings. The molecule has 13 heavy (non-hydrogen) atoms. The quantitative estimate of drug-likeness (QED) is 0.627. The summed E-state index contributed by atoms with van der Waals surface area (Å²) in [6.07, 6.45) is 1.62. The van der Waals surface area contributed by atoms with Crippen molar-refractivity contribution in [2.45, 2.75) is 27.2 Å². The minimum atomic E-state index is 0.182. The summed E-state index contributed by atoms with van der Waals surface area (Å²) >= 11 is 0. The largest absolute Gasteiger partial charge is 0.379 e. The Labute approximate surface area is 80.8 Å². The van der Waals surface area contributed by atoms with Crippen LogP contribution >= 0.6 is 0 Å². The van der Waals surface area contributed by atoms with Crippen LogP contribution < -0.4 is 5.32 Å². The molecule has 1 aliphatic rings. The van der Waals surface area contributed by atoms with Gasteiger partial charge in [0.1, 0.15) is 6.29 Å². The SMILES string of the molecule is C1COCCN1.CC(C)(C)CC=O. The zero-order chi connectivity index (χ0) is 10.2. The van der Waals surface area contributed by atoms with Crippen molar-refractivity contribution in [3.05, 3.63) is 0 Å². The fraction of sp³-hybridized carbons (Fsp3) is 0.900. The van der Waals surface area contributed by atoms with Gasteiger partial charge in [0.2, 0.25) is 0 Å². The molecule has 0 aromatic rings. The highest BCUT2D eigenvalue weighted by atomic mass is 16.5. The summed E-state index contributed by atoms with van der Waals surface area (Å²) in [5.41, 5.74) is 0.182. The predicted molar refractivity (Wildman–Crippen MR) is 53.8 cm³/mol. The van der Waals surface area contributed by atoms with Gasteiger partial charge in [-0.2, -0.15) is 0 Å². The number of hydrogen-bond acceptors (Lipinski definition) is 3. The topological polar surface area (TPSA) is 38.3 Å². The van der Waals surface area contributed by atoms with Crippen LogP contribution in [-0.2, 0) is 9.53 Å². The maximum Gasteiger partial charge on any atom is 0.120 e. The molecule has 0 radical (unpaired) electrons. The third-order valence-corrected chi connectivity index (χ3v) is 1.54. The Morgan fingerprint density at radius 2 is 1.85 bits per heavy atom. The lowest BCUT2D eigenvalue weighted by Crippen LogP contribution is -2.30. The van der Waals surface area contributed by atoms with Crippen LogP contribution in [0.25, 0.3) is 0 Å². The molecule has 1 heterocycles. The maximum atomic E-state index is 9.82. The van der Waals surface area contributed by atoms with E-state index in [1.807, 2.05) is 20.8 Å². The van der Waals surface area contributed by atoms with Crippen LogP contribution in [0.1, 0.15) is 27.2 Å². The average Bonchev–Trinajstić information content (AvgIpc) is 2.06. The second-order valence-electron chi connectivity index (χ2n) is 4.29. The molecule has 0 aromatic heterocycles. The number of rotatable bonds is 1. The standard InChI is InChI=1S/C6H12O.C4H9NO/c1-6(2,3)4-5-7;1-3-6-4-2-5-1/h5H,4H2,1-3H3;5H,1-4H2. The number of morpholine rings is 1. The van der Waals surface area contributed by atoms with Gasteiger partial charge in [0.25, 0.3) is 0 Å². The molecule has 0 spiro atoms. The highest BCUT2D eigenvalue weighted by Gasteiger charge is 2.06. The van der Waals surface area contributed by atoms with Crippen LogP contribution in [0.5, 0.6) is 0 Å². The van der Waals surface area contributed by atoms with Gasteiger partial charge in [0.15, 0.2) is 0 Å². The van der Waals surface area contributed by atoms with Crippen molar-refractivity contribution in [2.75, 3.05) is 26.3 Å². The van der Waals surface area contributed by atoms with Gasteiger partial charge in [-0.3, -0.25) is 0 Å². The number of nitrogens with one attached hydrogen (secondary N) is 1. The molecular weight excluding hydrogens is 166 g/mol. The molecule has 3 nitrogen and oxygen atoms in total. The first kappa shape index (κ1) is 12.6. The van der Waals surface area contributed by atoms with Gasteiger partial charge in [-0.1, -0.05) is 20.8 Å². The van der Waals surface area contributed by atoms with E-state index in [9.17, 15) is 4.79 Å². The van der Waals surface area contributed by atoms with Gasteiger partial charge in [0.05, 0.1) is 13.2 Å². The second kappa shape index (κ2) is 7.04. The first-order chi connectivity index (χ1) is 6.06. The number of carbonyl (C=O) groups excluding carboxylic acids is 1. The van der Waals surface area contributed by atoms with Crippen molar-refractivity contribution >= 4 is 6.29 Å². The molecule has 78 valence electrons. The Morgan fingerprint density at radius 3 is 1.92 bits per heavy atom. The summed E-state index contributed by atoms with van der Waals surface area (Å²) < 4.78 is 5.01. The molecule has 3 heteroatoms. The van der Waals surface area contributed by atoms with Crippen LogP contribution in [0.2, 0.25) is 0 Å². The predicted octanol–water partition coefficient (Wildman–Crippen LogP) is 1.23. The summed E-state index contributed by atoms with van der Waals surface area (Å²) in [6.45, 7) is 9.96. The van der Waals surface area contributed by atoms with Crippen molar-refractivity contribution in [1.82, 2.24) is 5.32 Å². The van der Waals surface area contributed by atoms with E-state index in [0.717, 1.165) is 32.6 Å². The van der Waals surface area contributed by atoms with E-state index in [1.54, 1.807) is 0 Å². The van der Waals surface area contributed by atoms with E-state index in [2.05, 4.69) is 5.32 Å². The first-order valence-corrected chi connectivity index (χ1v) is 4.78. The van der Waals surface area contributed by atoms with Crippen molar-refractivity contribution in [1.29, 1.82) is 0 Å². The van der Waals surface area contributed by atoms with E-state index < -0.39 is 0 Å². The van der Waals surface area contributed by atoms with Crippen molar-refractivity contribution in [2.24, 2.45) is 5.41 Å². The zero-order valence-corrected chi connectivity index (χ0v) is 8.93. The molecular formula is C10H21NO2. The highest BCUT2D eigenvalue weighted by Crippen LogP contribution is 2.15. The normalized spacial score (nSPS) is 17.2. The molecule has 1 aliphatic heterocycles. The van der Waals surface area contributed by atoms with Crippen molar-refractivity contribution < 1.29 is 9.53 Å². The molecule has 0 saturated carbocycles. The lowest BCUT2D eigenvalue weighted by atomic mass is 9.93. The van der Waals surface area contributed by atoms with Gasteiger partial charge in [-0.05, 0) is 5.41 Å². The summed E-state index contributed by atoms with van der Waals surface area (Å²) in [4.78, 5) is 9.82. The van der Waals surface area contributed by atoms with E-state index in [0.29, 0.717) is 6.42 Å². The number of ether oxygens (including phenoxy) is 1. The van der Waals surface area contributed by atoms with E-state index in [1.165, 1.54) is 0 Å². The summed E-state index contributed by atoms with van der Waals surface area (Å²) in [5.74, 6) is 0. The third-order valence-electron chi connectivity index (χ3n) is 1.54. The van der Waals surface area contributed by atoms with E-state index >= 15 is 0 Å². The Morgan fingerprint density at radius 1 is 1.31 bits per heavy atom. The Hall–Kier alpha value is -0.410. The number of hydrogen-bond donors (Lipinski definition) is 1. The van der Waals surface area contributed by atoms with Gasteiger partial charge in [0, 0.05) is 19.5 Å². The minimum Gasteiger partial charge on any atom is -0.379 e. The van der Waals surface area contributed by atoms with Gasteiger partial charge < -0.3 is 14.8 Å². The van der Waals surface area contributed by atoms with Crippen LogP contribution in [0.15, 0.2) is 0 Å². The third kappa shape index (κ3) is 11.6. The highest BCUT2D eigenvalue weighted by molar-refractivity contribution is 5.50. The molecule has 1 saturated heterocycles. The molecule has 0 unspecified atom stereocenters. The summed E-state index contributed by atoms with van der Waals surface area (Å²) in [5, 5.41) is 3.16. The molecule has 0 amide bonds. The molecule has 0 aromatic carbocycles. The molecule has 0 atom stereocenters. The second-order valence-corrected chi connectivity index (χ2v) is 4.29.